The smallest absolute Gasteiger partial charge is 0.0966 e. The molecule has 0 amide bonds. The molecule has 2 fully saturated rings. The number of rotatable bonds is 1. The highest BCUT2D eigenvalue weighted by atomic mass is 16.3. The number of hydrogen-bond donors (Lipinski definition) is 1. The minimum absolute atomic E-state index is 0.578. The minimum atomic E-state index is 0.578. The van der Waals surface area contributed by atoms with Crippen LogP contribution >= 0.6 is 0 Å². The van der Waals surface area contributed by atoms with Gasteiger partial charge in [-0.1, -0.05) is 44.9 Å². The quantitative estimate of drug-likeness (QED) is 0.654. The van der Waals surface area contributed by atoms with Gasteiger partial charge in [-0.2, -0.15) is 0 Å². The minimum Gasteiger partial charge on any atom is -0.387 e. The van der Waals surface area contributed by atoms with Crippen LogP contribution in [-0.2, 0) is 0 Å². The third-order valence-corrected chi connectivity index (χ3v) is 3.84. The van der Waals surface area contributed by atoms with Gasteiger partial charge in [0.05, 0.1) is 6.10 Å². The number of aliphatic hydroxyl groups is 1. The predicted octanol–water partition coefficient (Wildman–Crippen LogP) is 3.66. The second kappa shape index (κ2) is 4.45. The molecular weight excluding hydrogens is 160 g/mol. The highest BCUT2D eigenvalue weighted by Gasteiger charge is 2.31. The monoisotopic (exact) mass is 181 g/mol. The molecule has 0 aromatic heterocycles. The Kier molecular flexibility index (Phi) is 3.26. The molecule has 0 aromatic carbocycles. The summed E-state index contributed by atoms with van der Waals surface area (Å²) in [7, 11) is 0. The molecule has 2 aliphatic carbocycles. The van der Waals surface area contributed by atoms with E-state index in [2.05, 4.69) is 0 Å². The molecule has 0 saturated heterocycles. The van der Waals surface area contributed by atoms with Gasteiger partial charge in [0.1, 0.15) is 0 Å². The topological polar surface area (TPSA) is 20.2 Å². The van der Waals surface area contributed by atoms with Gasteiger partial charge in [0, 0.05) is 0 Å². The Balaban J connectivity index is 1.88. The van der Waals surface area contributed by atoms with E-state index in [-0.39, 0.29) is 0 Å². The van der Waals surface area contributed by atoms with Crippen molar-refractivity contribution in [2.24, 2.45) is 11.8 Å². The molecule has 1 unspecified atom stereocenters. The lowest BCUT2D eigenvalue weighted by atomic mass is 9.72. The fourth-order valence-electron chi connectivity index (χ4n) is 3.07. The van der Waals surface area contributed by atoms with Crippen LogP contribution in [0.5, 0.6) is 0 Å². The summed E-state index contributed by atoms with van der Waals surface area (Å²) >= 11 is 0. The van der Waals surface area contributed by atoms with Crippen molar-refractivity contribution in [3.8, 4) is 0 Å². The maximum absolute atomic E-state index is 9.84. The van der Waals surface area contributed by atoms with Crippen molar-refractivity contribution in [2.75, 3.05) is 0 Å². The molecule has 1 heteroatoms. The first-order valence-corrected chi connectivity index (χ1v) is 5.92. The van der Waals surface area contributed by atoms with Gasteiger partial charge in [0.2, 0.25) is 0 Å². The van der Waals surface area contributed by atoms with Crippen LogP contribution in [0.2, 0.25) is 0 Å². The molecule has 1 atom stereocenters. The normalized spacial score (nSPS) is 33.5. The molecule has 1 N–H and O–H groups in total. The van der Waals surface area contributed by atoms with Crippen LogP contribution in [0, 0.1) is 17.9 Å². The molecule has 13 heavy (non-hydrogen) atoms. The lowest BCUT2D eigenvalue weighted by molar-refractivity contribution is 0.111. The predicted molar refractivity (Wildman–Crippen MR) is 53.7 cm³/mol. The van der Waals surface area contributed by atoms with Crippen molar-refractivity contribution in [1.29, 1.82) is 0 Å². The lowest BCUT2D eigenvalue weighted by Crippen LogP contribution is -2.26. The number of hydrogen-bond acceptors (Lipinski definition) is 1. The molecule has 1 nitrogen and oxygen atoms in total. The maximum atomic E-state index is 9.84. The Hall–Kier alpha value is -0.0400. The van der Waals surface area contributed by atoms with E-state index in [4.69, 9.17) is 0 Å². The van der Waals surface area contributed by atoms with Crippen molar-refractivity contribution in [2.45, 2.75) is 57.8 Å². The fourth-order valence-corrected chi connectivity index (χ4v) is 3.07. The van der Waals surface area contributed by atoms with E-state index in [1.54, 1.807) is 0 Å². The second-order valence-corrected chi connectivity index (χ2v) is 4.74. The molecule has 0 spiro atoms. The van der Waals surface area contributed by atoms with Gasteiger partial charge in [-0.3, -0.25) is 0 Å². The van der Waals surface area contributed by atoms with E-state index in [1.165, 1.54) is 51.4 Å². The van der Waals surface area contributed by atoms with Gasteiger partial charge in [-0.25, -0.2) is 0 Å². The van der Waals surface area contributed by atoms with Crippen molar-refractivity contribution in [1.82, 2.24) is 0 Å². The van der Waals surface area contributed by atoms with Crippen LogP contribution in [0.25, 0.3) is 0 Å². The summed E-state index contributed by atoms with van der Waals surface area (Å²) in [6, 6.07) is 0. The van der Waals surface area contributed by atoms with E-state index < -0.39 is 0 Å². The first-order chi connectivity index (χ1) is 6.38. The van der Waals surface area contributed by atoms with E-state index in [0.717, 1.165) is 18.4 Å². The Labute approximate surface area is 81.5 Å². The average molecular weight is 181 g/mol. The third kappa shape index (κ3) is 2.25. The summed E-state index contributed by atoms with van der Waals surface area (Å²) in [5.74, 6) is 1.41. The summed E-state index contributed by atoms with van der Waals surface area (Å²) in [5, 5.41) is 9.84. The molecule has 0 heterocycles. The van der Waals surface area contributed by atoms with Crippen molar-refractivity contribution >= 4 is 0 Å². The van der Waals surface area contributed by atoms with Crippen LogP contribution in [0.4, 0.5) is 0 Å². The van der Waals surface area contributed by atoms with Crippen LogP contribution < -0.4 is 0 Å². The van der Waals surface area contributed by atoms with Gasteiger partial charge < -0.3 is 5.11 Å². The summed E-state index contributed by atoms with van der Waals surface area (Å²) in [6.07, 6.45) is 12.6. The summed E-state index contributed by atoms with van der Waals surface area (Å²) in [6.45, 7) is 0. The van der Waals surface area contributed by atoms with E-state index in [9.17, 15) is 5.11 Å². The molecule has 0 aromatic rings. The zero-order valence-electron chi connectivity index (χ0n) is 8.47. The molecule has 1 radical (unpaired) electrons. The first kappa shape index (κ1) is 9.51. The Morgan fingerprint density at radius 2 is 1.54 bits per heavy atom. The number of aliphatic hydroxyl groups excluding tert-OH is 1. The van der Waals surface area contributed by atoms with Gasteiger partial charge >= 0.3 is 0 Å². The van der Waals surface area contributed by atoms with Gasteiger partial charge in [-0.15, -0.1) is 0 Å². The average Bonchev–Trinajstić information content (AvgIpc) is 2.20. The van der Waals surface area contributed by atoms with Crippen molar-refractivity contribution in [3.05, 3.63) is 6.10 Å². The van der Waals surface area contributed by atoms with E-state index >= 15 is 0 Å². The molecule has 2 rings (SSSR count). The molecule has 0 bridgehead atoms. The zero-order chi connectivity index (χ0) is 9.10. The van der Waals surface area contributed by atoms with Crippen molar-refractivity contribution < 1.29 is 5.11 Å². The Morgan fingerprint density at radius 3 is 2.23 bits per heavy atom. The van der Waals surface area contributed by atoms with Gasteiger partial charge in [0.25, 0.3) is 0 Å². The molecule has 2 aliphatic rings. The molecule has 0 aliphatic heterocycles. The molecular formula is C12H21O. The first-order valence-electron chi connectivity index (χ1n) is 5.92. The van der Waals surface area contributed by atoms with Crippen molar-refractivity contribution in [3.63, 3.8) is 0 Å². The van der Waals surface area contributed by atoms with Crippen LogP contribution in [0.15, 0.2) is 0 Å². The summed E-state index contributed by atoms with van der Waals surface area (Å²) < 4.78 is 0. The van der Waals surface area contributed by atoms with Crippen LogP contribution in [0.1, 0.15) is 57.8 Å². The molecule has 75 valence electrons. The highest BCUT2D eigenvalue weighted by molar-refractivity contribution is 4.93. The fraction of sp³-hybridized carbons (Fsp3) is 0.917. The standard InChI is InChI=1S/C12H21O/c13-12-9-5-4-8-11(12)10-6-2-1-3-7-10/h10-11,13H,1-9H2. The second-order valence-electron chi connectivity index (χ2n) is 4.74. The molecule has 2 saturated carbocycles. The van der Waals surface area contributed by atoms with Crippen LogP contribution in [-0.4, -0.2) is 5.11 Å². The maximum Gasteiger partial charge on any atom is 0.0966 e. The highest BCUT2D eigenvalue weighted by Crippen LogP contribution is 2.41. The summed E-state index contributed by atoms with van der Waals surface area (Å²) in [4.78, 5) is 0. The largest absolute Gasteiger partial charge is 0.387 e. The van der Waals surface area contributed by atoms with Gasteiger partial charge in [-0.05, 0) is 24.7 Å². The van der Waals surface area contributed by atoms with Gasteiger partial charge in [0.15, 0.2) is 0 Å². The third-order valence-electron chi connectivity index (χ3n) is 3.84. The zero-order valence-corrected chi connectivity index (χ0v) is 8.47. The Bertz CT molecular complexity index is 149. The SMILES string of the molecule is O[C]1CCCCC1C1CCCCC1. The summed E-state index contributed by atoms with van der Waals surface area (Å²) in [5.41, 5.74) is 0. The van der Waals surface area contributed by atoms with Crippen LogP contribution in [0.3, 0.4) is 0 Å². The Morgan fingerprint density at radius 1 is 0.846 bits per heavy atom. The van der Waals surface area contributed by atoms with E-state index in [1.807, 2.05) is 0 Å². The lowest BCUT2D eigenvalue weighted by Gasteiger charge is -2.35. The van der Waals surface area contributed by atoms with E-state index in [0.29, 0.717) is 5.92 Å².